The van der Waals surface area contributed by atoms with Crippen molar-refractivity contribution in [3.05, 3.63) is 0 Å². The van der Waals surface area contributed by atoms with Gasteiger partial charge in [-0.05, 0) is 0 Å². The molecule has 2 N–H and O–H groups in total. The Hall–Kier alpha value is -0.575. The van der Waals surface area contributed by atoms with Crippen LogP contribution in [0.3, 0.4) is 0 Å². The van der Waals surface area contributed by atoms with Gasteiger partial charge in [0, 0.05) is 33.3 Å². The van der Waals surface area contributed by atoms with E-state index in [0.717, 1.165) is 13.8 Å². The van der Waals surface area contributed by atoms with Gasteiger partial charge in [-0.1, -0.05) is 0 Å². The monoisotopic (exact) mass is 510 g/mol. The zero-order valence-electron chi connectivity index (χ0n) is 10.6. The Labute approximate surface area is 130 Å². The number of rotatable bonds is 2. The van der Waals surface area contributed by atoms with Crippen LogP contribution in [0.25, 0.3) is 0 Å². The number of hydrogen-bond acceptors (Lipinski definition) is 6. The number of hydrogen-bond donors (Lipinski definition) is 2. The summed E-state index contributed by atoms with van der Waals surface area (Å²) in [4.78, 5) is 38.1. The molecular weight excluding hydrogens is 497 g/mol. The zero-order chi connectivity index (χ0) is 14.4. The van der Waals surface area contributed by atoms with Gasteiger partial charge in [0.1, 0.15) is 0 Å². The van der Waals surface area contributed by atoms with E-state index in [1.54, 1.807) is 0 Å². The fourth-order valence-corrected chi connectivity index (χ4v) is 1.21. The van der Waals surface area contributed by atoms with Crippen LogP contribution in [0.2, 0.25) is 0 Å². The standard InChI is InChI=1S/4C2H4O2.Pb.Zn/c4*1-2(3)4;;/h4*1H3,(H,3,4);;/q;;;;+2;/p-2. The quantitative estimate of drug-likeness (QED) is 0.490. The molecule has 0 rings (SSSR count). The van der Waals surface area contributed by atoms with Crippen LogP contribution in [0.4, 0.5) is 0 Å². The smallest absolute Gasteiger partial charge is 0 e. The average molecular weight is 511 g/mol. The molecule has 0 amide bonds. The van der Waals surface area contributed by atoms with Crippen molar-refractivity contribution in [2.75, 3.05) is 0 Å². The molecule has 2 radical (unpaired) electrons. The first-order valence-corrected chi connectivity index (χ1v) is 7.25. The number of carboxylic acid groups (broad SMARTS) is 2. The second kappa shape index (κ2) is 18.8. The fourth-order valence-electron chi connectivity index (χ4n) is 0.138. The van der Waals surface area contributed by atoms with Crippen molar-refractivity contribution in [1.82, 2.24) is 0 Å². The molecule has 0 atom stereocenters. The normalized spacial score (nSPS) is 6.89. The van der Waals surface area contributed by atoms with Crippen LogP contribution in [0.1, 0.15) is 27.7 Å². The van der Waals surface area contributed by atoms with Gasteiger partial charge >= 0.3 is 65.9 Å². The third kappa shape index (κ3) is 109. The van der Waals surface area contributed by atoms with Crippen molar-refractivity contribution in [1.29, 1.82) is 0 Å². The van der Waals surface area contributed by atoms with E-state index in [1.165, 1.54) is 13.8 Å². The van der Waals surface area contributed by atoms with Crippen molar-refractivity contribution in [2.24, 2.45) is 0 Å². The summed E-state index contributed by atoms with van der Waals surface area (Å²) < 4.78 is 8.93. The first kappa shape index (κ1) is 26.1. The Morgan fingerprint density at radius 3 is 1.06 bits per heavy atom. The molecule has 0 saturated heterocycles. The van der Waals surface area contributed by atoms with Crippen molar-refractivity contribution in [3.8, 4) is 0 Å². The van der Waals surface area contributed by atoms with E-state index in [0.29, 0.717) is 0 Å². The molecule has 100 valence electrons. The second-order valence-electron chi connectivity index (χ2n) is 2.31. The van der Waals surface area contributed by atoms with Crippen molar-refractivity contribution >= 4 is 49.0 Å². The van der Waals surface area contributed by atoms with Gasteiger partial charge in [-0.2, -0.15) is 0 Å². The maximum Gasteiger partial charge on any atom is 0 e. The summed E-state index contributed by atoms with van der Waals surface area (Å²) >= 11 is -1.82. The molecule has 0 unspecified atom stereocenters. The summed E-state index contributed by atoms with van der Waals surface area (Å²) in [5.41, 5.74) is 0. The minimum Gasteiger partial charge on any atom is 0 e. The Bertz CT molecular complexity index is 234. The van der Waals surface area contributed by atoms with E-state index in [-0.39, 0.29) is 31.4 Å². The first-order valence-electron chi connectivity index (χ1n) is 4.08. The van der Waals surface area contributed by atoms with Crippen LogP contribution in [-0.4, -0.2) is 59.2 Å². The molecule has 0 aliphatic rings. The largest absolute Gasteiger partial charge is 0 e. The Morgan fingerprint density at radius 2 is 0.944 bits per heavy atom. The van der Waals surface area contributed by atoms with Crippen LogP contribution < -0.4 is 0 Å². The van der Waals surface area contributed by atoms with Crippen molar-refractivity contribution in [2.45, 2.75) is 27.7 Å². The Morgan fingerprint density at radius 1 is 0.778 bits per heavy atom. The predicted molar refractivity (Wildman–Crippen MR) is 55.9 cm³/mol. The van der Waals surface area contributed by atoms with E-state index >= 15 is 0 Å². The number of carboxylic acids is 2. The number of carbonyl (C=O) groups excluding carboxylic acids is 2. The van der Waals surface area contributed by atoms with E-state index in [9.17, 15) is 9.59 Å². The molecule has 0 heterocycles. The zero-order valence-corrected chi connectivity index (χ0v) is 17.4. The summed E-state index contributed by atoms with van der Waals surface area (Å²) in [5, 5.41) is 14.8. The number of carbonyl (C=O) groups is 4. The molecule has 0 aliphatic heterocycles. The van der Waals surface area contributed by atoms with Crippen molar-refractivity contribution in [3.63, 3.8) is 0 Å². The fraction of sp³-hybridized carbons (Fsp3) is 0.500. The van der Waals surface area contributed by atoms with Crippen LogP contribution in [0.15, 0.2) is 0 Å². The van der Waals surface area contributed by atoms with Gasteiger partial charge in [0.25, 0.3) is 11.9 Å². The van der Waals surface area contributed by atoms with E-state index in [4.69, 9.17) is 19.8 Å². The van der Waals surface area contributed by atoms with Crippen LogP contribution in [0, 0.1) is 0 Å². The second-order valence-corrected chi connectivity index (χ2v) is 4.54. The third-order valence-electron chi connectivity index (χ3n) is 0.371. The van der Waals surface area contributed by atoms with Crippen LogP contribution >= 0.6 is 0 Å². The van der Waals surface area contributed by atoms with Crippen LogP contribution in [0.5, 0.6) is 0 Å². The molecule has 0 aromatic carbocycles. The Kier molecular flexibility index (Phi) is 27.2. The number of aliphatic carboxylic acids is 2. The maximum atomic E-state index is 10.1. The molecule has 0 bridgehead atoms. The summed E-state index contributed by atoms with van der Waals surface area (Å²) in [7, 11) is 0. The van der Waals surface area contributed by atoms with E-state index < -0.39 is 37.1 Å². The molecule has 0 spiro atoms. The molecule has 0 aromatic rings. The summed E-state index contributed by atoms with van der Waals surface area (Å²) in [6, 6.07) is 0. The SMILES string of the molecule is CC(=O)O.CC(=O)O.CC(=O)[O][Pb][O]C(C)=O.[Zn]. The van der Waals surface area contributed by atoms with Gasteiger partial charge in [0.2, 0.25) is 0 Å². The van der Waals surface area contributed by atoms with Gasteiger partial charge in [-0.15, -0.1) is 0 Å². The average Bonchev–Trinajstić information content (AvgIpc) is 1.99. The van der Waals surface area contributed by atoms with Gasteiger partial charge in [0.05, 0.1) is 0 Å². The van der Waals surface area contributed by atoms with Gasteiger partial charge in [-0.3, -0.25) is 9.59 Å². The molecule has 8 nitrogen and oxygen atoms in total. The van der Waals surface area contributed by atoms with Crippen molar-refractivity contribution < 1.29 is 54.2 Å². The summed E-state index contributed by atoms with van der Waals surface area (Å²) in [6.45, 7) is 4.74. The molecule has 10 heteroatoms. The Balaban J connectivity index is -0.0000000922. The predicted octanol–water partition coefficient (Wildman–Crippen LogP) is -0.174. The summed E-state index contributed by atoms with van der Waals surface area (Å²) in [6.07, 6.45) is 0. The molecule has 0 fully saturated rings. The molecule has 0 aliphatic carbocycles. The molecule has 0 saturated carbocycles. The molecular formula is C8H14O8PbZn. The minimum atomic E-state index is -1.82. The topological polar surface area (TPSA) is 127 Å². The van der Waals surface area contributed by atoms with E-state index in [2.05, 4.69) is 5.37 Å². The van der Waals surface area contributed by atoms with Gasteiger partial charge in [-0.25, -0.2) is 0 Å². The van der Waals surface area contributed by atoms with Gasteiger partial charge in [0.15, 0.2) is 0 Å². The molecule has 0 aromatic heterocycles. The first-order chi connectivity index (χ1) is 7.59. The summed E-state index contributed by atoms with van der Waals surface area (Å²) in [5.74, 6) is -2.42. The van der Waals surface area contributed by atoms with Gasteiger partial charge < -0.3 is 10.2 Å². The van der Waals surface area contributed by atoms with Crippen LogP contribution in [-0.2, 0) is 44.0 Å². The van der Waals surface area contributed by atoms with E-state index in [1.807, 2.05) is 0 Å². The molecule has 18 heavy (non-hydrogen) atoms. The minimum absolute atomic E-state index is 0. The third-order valence-corrected chi connectivity index (χ3v) is 3.25. The maximum absolute atomic E-state index is 10.1.